The predicted octanol–water partition coefficient (Wildman–Crippen LogP) is 1.45. The Labute approximate surface area is 124 Å². The van der Waals surface area contributed by atoms with Gasteiger partial charge in [-0.05, 0) is 20.4 Å². The van der Waals surface area contributed by atoms with Crippen molar-refractivity contribution in [2.75, 3.05) is 46.4 Å². The monoisotopic (exact) mass is 284 g/mol. The number of rotatable bonds is 8. The number of unbranched alkanes of at least 4 members (excludes halogenated alkanes) is 3. The van der Waals surface area contributed by atoms with Crippen molar-refractivity contribution in [2.45, 2.75) is 45.6 Å². The molecule has 1 fully saturated rings. The summed E-state index contributed by atoms with van der Waals surface area (Å²) in [6, 6.07) is 0. The topological polar surface area (TPSA) is 48.9 Å². The lowest BCUT2D eigenvalue weighted by atomic mass is 10.2. The van der Waals surface area contributed by atoms with E-state index in [1.807, 2.05) is 0 Å². The molecule has 20 heavy (non-hydrogen) atoms. The molecule has 1 atom stereocenters. The molecule has 0 radical (unpaired) electrons. The first-order valence-electron chi connectivity index (χ1n) is 8.08. The number of hydrogen-bond acceptors (Lipinski definition) is 3. The molecule has 1 unspecified atom stereocenters. The second-order valence-corrected chi connectivity index (χ2v) is 5.46. The van der Waals surface area contributed by atoms with Gasteiger partial charge in [0, 0.05) is 26.2 Å². The number of nitrogens with one attached hydrogen (secondary N) is 2. The Morgan fingerprint density at radius 2 is 2.10 bits per heavy atom. The summed E-state index contributed by atoms with van der Waals surface area (Å²) in [5, 5.41) is 6.69. The molecule has 2 N–H and O–H groups in total. The summed E-state index contributed by atoms with van der Waals surface area (Å²) < 4.78 is 5.73. The van der Waals surface area contributed by atoms with Crippen molar-refractivity contribution < 1.29 is 4.74 Å². The molecule has 1 heterocycles. The van der Waals surface area contributed by atoms with Gasteiger partial charge in [0.05, 0.1) is 19.3 Å². The highest BCUT2D eigenvalue weighted by atomic mass is 16.5. The van der Waals surface area contributed by atoms with Gasteiger partial charge in [-0.1, -0.05) is 26.2 Å². The molecule has 0 aliphatic carbocycles. The number of hydrogen-bond donors (Lipinski definition) is 2. The molecule has 0 aromatic carbocycles. The highest BCUT2D eigenvalue weighted by molar-refractivity contribution is 5.79. The number of likely N-dealkylation sites (N-methyl/N-ethyl adjacent to an activating group) is 1. The van der Waals surface area contributed by atoms with Crippen LogP contribution in [0.25, 0.3) is 0 Å². The molecule has 118 valence electrons. The molecular formula is C15H32N4O. The second kappa shape index (κ2) is 10.9. The normalized spacial score (nSPS) is 20.9. The van der Waals surface area contributed by atoms with Crippen molar-refractivity contribution in [3.8, 4) is 0 Å². The summed E-state index contributed by atoms with van der Waals surface area (Å²) >= 11 is 0. The van der Waals surface area contributed by atoms with Gasteiger partial charge in [-0.25, -0.2) is 0 Å². The average molecular weight is 284 g/mol. The lowest BCUT2D eigenvalue weighted by Crippen LogP contribution is -2.43. The fraction of sp³-hybridized carbons (Fsp3) is 0.933. The maximum atomic E-state index is 5.73. The van der Waals surface area contributed by atoms with Crippen LogP contribution in [0, 0.1) is 0 Å². The third-order valence-corrected chi connectivity index (χ3v) is 3.46. The van der Waals surface area contributed by atoms with Crippen molar-refractivity contribution in [1.29, 1.82) is 0 Å². The first-order chi connectivity index (χ1) is 9.76. The van der Waals surface area contributed by atoms with Crippen LogP contribution in [0.4, 0.5) is 0 Å². The van der Waals surface area contributed by atoms with Crippen LogP contribution >= 0.6 is 0 Å². The largest absolute Gasteiger partial charge is 0.374 e. The minimum atomic E-state index is 0.226. The Morgan fingerprint density at radius 3 is 2.80 bits per heavy atom. The standard InChI is InChI=1S/C15H32N4O/c1-4-6-7-8-9-17-15(16-5-2)18-12-14-13-19(3)10-11-20-14/h14H,4-13H2,1-3H3,(H2,16,17,18). The highest BCUT2D eigenvalue weighted by Crippen LogP contribution is 2.03. The van der Waals surface area contributed by atoms with E-state index in [4.69, 9.17) is 4.74 Å². The lowest BCUT2D eigenvalue weighted by Gasteiger charge is -2.29. The minimum Gasteiger partial charge on any atom is -0.374 e. The number of morpholine rings is 1. The summed E-state index contributed by atoms with van der Waals surface area (Å²) in [6.45, 7) is 9.77. The summed E-state index contributed by atoms with van der Waals surface area (Å²) in [7, 11) is 2.14. The summed E-state index contributed by atoms with van der Waals surface area (Å²) in [5.74, 6) is 0.917. The van der Waals surface area contributed by atoms with E-state index in [0.717, 1.165) is 45.3 Å². The molecule has 5 heteroatoms. The van der Waals surface area contributed by atoms with E-state index >= 15 is 0 Å². The van der Waals surface area contributed by atoms with Gasteiger partial charge in [-0.2, -0.15) is 0 Å². The Balaban J connectivity index is 2.26. The zero-order valence-corrected chi connectivity index (χ0v) is 13.5. The molecule has 1 aliphatic rings. The van der Waals surface area contributed by atoms with Gasteiger partial charge in [0.15, 0.2) is 5.96 Å². The molecule has 1 saturated heterocycles. The fourth-order valence-corrected chi connectivity index (χ4v) is 2.27. The first-order valence-corrected chi connectivity index (χ1v) is 8.08. The zero-order valence-electron chi connectivity index (χ0n) is 13.5. The average Bonchev–Trinajstić information content (AvgIpc) is 2.44. The molecule has 0 saturated carbocycles. The molecule has 1 rings (SSSR count). The highest BCUT2D eigenvalue weighted by Gasteiger charge is 2.17. The fourth-order valence-electron chi connectivity index (χ4n) is 2.27. The van der Waals surface area contributed by atoms with Crippen LogP contribution in [-0.4, -0.2) is 63.3 Å². The van der Waals surface area contributed by atoms with Gasteiger partial charge in [-0.3, -0.25) is 4.99 Å². The molecule has 0 bridgehead atoms. The van der Waals surface area contributed by atoms with Crippen molar-refractivity contribution >= 4 is 5.96 Å². The Bertz CT molecular complexity index is 271. The quantitative estimate of drug-likeness (QED) is 0.402. The molecule has 0 spiro atoms. The SMILES string of the molecule is CCCCCCNC(=NCC1CN(C)CCO1)NCC. The second-order valence-electron chi connectivity index (χ2n) is 5.46. The number of aliphatic imine (C=N–C) groups is 1. The maximum Gasteiger partial charge on any atom is 0.191 e. The van der Waals surface area contributed by atoms with E-state index < -0.39 is 0 Å². The van der Waals surface area contributed by atoms with E-state index in [9.17, 15) is 0 Å². The van der Waals surface area contributed by atoms with Gasteiger partial charge in [-0.15, -0.1) is 0 Å². The molecule has 5 nitrogen and oxygen atoms in total. The molecule has 1 aliphatic heterocycles. The molecular weight excluding hydrogens is 252 g/mol. The van der Waals surface area contributed by atoms with E-state index in [1.165, 1.54) is 25.7 Å². The van der Waals surface area contributed by atoms with Gasteiger partial charge < -0.3 is 20.3 Å². The van der Waals surface area contributed by atoms with Gasteiger partial charge in [0.25, 0.3) is 0 Å². The van der Waals surface area contributed by atoms with Crippen molar-refractivity contribution in [1.82, 2.24) is 15.5 Å². The predicted molar refractivity (Wildman–Crippen MR) is 85.4 cm³/mol. The van der Waals surface area contributed by atoms with Crippen molar-refractivity contribution in [3.63, 3.8) is 0 Å². The number of ether oxygens (including phenoxy) is 1. The van der Waals surface area contributed by atoms with Crippen LogP contribution in [0.5, 0.6) is 0 Å². The van der Waals surface area contributed by atoms with E-state index in [1.54, 1.807) is 0 Å². The minimum absolute atomic E-state index is 0.226. The Kier molecular flexibility index (Phi) is 9.41. The Morgan fingerprint density at radius 1 is 1.25 bits per heavy atom. The molecule has 0 amide bonds. The number of guanidine groups is 1. The smallest absolute Gasteiger partial charge is 0.191 e. The van der Waals surface area contributed by atoms with Crippen LogP contribution in [0.3, 0.4) is 0 Å². The zero-order chi connectivity index (χ0) is 14.6. The van der Waals surface area contributed by atoms with E-state index in [0.29, 0.717) is 0 Å². The summed E-state index contributed by atoms with van der Waals surface area (Å²) in [4.78, 5) is 6.93. The molecule has 0 aromatic rings. The molecule has 0 aromatic heterocycles. The third kappa shape index (κ3) is 7.70. The van der Waals surface area contributed by atoms with Crippen LogP contribution in [0.2, 0.25) is 0 Å². The van der Waals surface area contributed by atoms with Gasteiger partial charge in [0.2, 0.25) is 0 Å². The van der Waals surface area contributed by atoms with Crippen molar-refractivity contribution in [3.05, 3.63) is 0 Å². The van der Waals surface area contributed by atoms with Gasteiger partial charge >= 0.3 is 0 Å². The van der Waals surface area contributed by atoms with Crippen LogP contribution in [-0.2, 0) is 4.74 Å². The Hall–Kier alpha value is -0.810. The van der Waals surface area contributed by atoms with Crippen LogP contribution in [0.15, 0.2) is 4.99 Å². The summed E-state index contributed by atoms with van der Waals surface area (Å²) in [6.07, 6.45) is 5.32. The first kappa shape index (κ1) is 17.2. The third-order valence-electron chi connectivity index (χ3n) is 3.46. The van der Waals surface area contributed by atoms with Gasteiger partial charge in [0.1, 0.15) is 0 Å². The van der Waals surface area contributed by atoms with Crippen molar-refractivity contribution in [2.24, 2.45) is 4.99 Å². The van der Waals surface area contributed by atoms with Crippen LogP contribution in [0.1, 0.15) is 39.5 Å². The lowest BCUT2D eigenvalue weighted by molar-refractivity contribution is -0.0136. The van der Waals surface area contributed by atoms with E-state index in [-0.39, 0.29) is 6.10 Å². The maximum absolute atomic E-state index is 5.73. The van der Waals surface area contributed by atoms with E-state index in [2.05, 4.69) is 41.4 Å². The summed E-state index contributed by atoms with van der Waals surface area (Å²) in [5.41, 5.74) is 0. The van der Waals surface area contributed by atoms with Crippen LogP contribution < -0.4 is 10.6 Å². The number of nitrogens with zero attached hydrogens (tertiary/aromatic N) is 2.